The minimum absolute atomic E-state index is 0.216. The summed E-state index contributed by atoms with van der Waals surface area (Å²) in [4.78, 5) is 11.8. The molecule has 1 fully saturated rings. The van der Waals surface area contributed by atoms with Crippen LogP contribution in [-0.2, 0) is 0 Å². The lowest BCUT2D eigenvalue weighted by Crippen LogP contribution is -2.38. The fourth-order valence-electron chi connectivity index (χ4n) is 2.65. The summed E-state index contributed by atoms with van der Waals surface area (Å²) in [7, 11) is 0. The molecule has 0 saturated carbocycles. The second kappa shape index (κ2) is 4.33. The Morgan fingerprint density at radius 3 is 3.06 bits per heavy atom. The molecule has 0 N–H and O–H groups in total. The number of aromatic nitrogens is 1. The van der Waals surface area contributed by atoms with Crippen molar-refractivity contribution in [1.29, 1.82) is 0 Å². The zero-order chi connectivity index (χ0) is 11.8. The summed E-state index contributed by atoms with van der Waals surface area (Å²) in [6.07, 6.45) is 3.06. The number of pyridine rings is 1. The number of hydrogen-bond donors (Lipinski definition) is 0. The lowest BCUT2D eigenvalue weighted by atomic mass is 10.0. The second-order valence-corrected chi connectivity index (χ2v) is 5.62. The van der Waals surface area contributed by atoms with Gasteiger partial charge in [0.25, 0.3) is 0 Å². The van der Waals surface area contributed by atoms with Crippen LogP contribution in [0.25, 0.3) is 0 Å². The molecule has 1 aromatic heterocycles. The van der Waals surface area contributed by atoms with Crippen LogP contribution in [0.4, 0.5) is 0 Å². The van der Waals surface area contributed by atoms with Crippen molar-refractivity contribution in [3.8, 4) is 0 Å². The number of nitrogens with zero attached hydrogens (tertiary/aromatic N) is 3. The minimum Gasteiger partial charge on any atom is -0.342 e. The molecular weight excluding hydrogens is 230 g/mol. The fourth-order valence-corrected chi connectivity index (χ4v) is 4.04. The van der Waals surface area contributed by atoms with Crippen molar-refractivity contribution in [1.82, 2.24) is 9.88 Å². The topological polar surface area (TPSA) is 28.5 Å². The van der Waals surface area contributed by atoms with Crippen molar-refractivity contribution in [2.45, 2.75) is 38.4 Å². The smallest absolute Gasteiger partial charge is 0.160 e. The van der Waals surface area contributed by atoms with Gasteiger partial charge in [-0.3, -0.25) is 9.98 Å². The van der Waals surface area contributed by atoms with Gasteiger partial charge in [0.15, 0.2) is 5.17 Å². The van der Waals surface area contributed by atoms with Crippen LogP contribution in [0.2, 0.25) is 0 Å². The third-order valence-corrected chi connectivity index (χ3v) is 4.75. The molecule has 0 bridgehead atoms. The van der Waals surface area contributed by atoms with E-state index < -0.39 is 0 Å². The standard InChI is InChI=1S/C13H17N3S/c1-3-10-8-17-13-15-12(9(2)16(10)13)11-6-4-5-7-14-11/h4-7,9-10,12H,3,8H2,1-2H3/t9-,10+,12+/m0/s1. The molecule has 90 valence electrons. The number of hydrogen-bond acceptors (Lipinski definition) is 4. The van der Waals surface area contributed by atoms with Crippen LogP contribution in [0.1, 0.15) is 32.0 Å². The molecule has 4 heteroatoms. The lowest BCUT2D eigenvalue weighted by molar-refractivity contribution is 0.268. The van der Waals surface area contributed by atoms with E-state index in [0.29, 0.717) is 12.1 Å². The summed E-state index contributed by atoms with van der Waals surface area (Å²) < 4.78 is 0. The fraction of sp³-hybridized carbons (Fsp3) is 0.538. The molecule has 0 radical (unpaired) electrons. The first-order valence-electron chi connectivity index (χ1n) is 6.21. The first kappa shape index (κ1) is 11.1. The van der Waals surface area contributed by atoms with Crippen LogP contribution in [0.15, 0.2) is 29.4 Å². The van der Waals surface area contributed by atoms with Crippen LogP contribution in [-0.4, -0.2) is 32.9 Å². The Morgan fingerprint density at radius 1 is 1.47 bits per heavy atom. The first-order chi connectivity index (χ1) is 8.31. The van der Waals surface area contributed by atoms with Gasteiger partial charge in [-0.1, -0.05) is 24.8 Å². The zero-order valence-electron chi connectivity index (χ0n) is 10.2. The van der Waals surface area contributed by atoms with Gasteiger partial charge in [-0.05, 0) is 25.5 Å². The number of fused-ring (bicyclic) bond motifs is 1. The highest BCUT2D eigenvalue weighted by Crippen LogP contribution is 2.40. The normalized spacial score (nSPS) is 31.5. The van der Waals surface area contributed by atoms with Gasteiger partial charge in [0, 0.05) is 18.0 Å². The number of thioether (sulfide) groups is 1. The van der Waals surface area contributed by atoms with Gasteiger partial charge in [0.2, 0.25) is 0 Å². The van der Waals surface area contributed by atoms with Crippen LogP contribution < -0.4 is 0 Å². The van der Waals surface area contributed by atoms with Crippen LogP contribution in [0.3, 0.4) is 0 Å². The van der Waals surface area contributed by atoms with Gasteiger partial charge in [0.05, 0.1) is 11.7 Å². The molecule has 3 atom stereocenters. The zero-order valence-corrected chi connectivity index (χ0v) is 11.0. The maximum atomic E-state index is 4.84. The van der Waals surface area contributed by atoms with E-state index in [0.717, 1.165) is 5.69 Å². The molecule has 1 aromatic rings. The Morgan fingerprint density at radius 2 is 2.35 bits per heavy atom. The molecular formula is C13H17N3S. The van der Waals surface area contributed by atoms with Crippen molar-refractivity contribution in [3.63, 3.8) is 0 Å². The highest BCUT2D eigenvalue weighted by atomic mass is 32.2. The molecule has 2 aliphatic rings. The predicted octanol–water partition coefficient (Wildman–Crippen LogP) is 2.71. The Labute approximate surface area is 106 Å². The second-order valence-electron chi connectivity index (χ2n) is 4.63. The molecule has 17 heavy (non-hydrogen) atoms. The van der Waals surface area contributed by atoms with E-state index in [2.05, 4.69) is 29.8 Å². The average Bonchev–Trinajstić information content (AvgIpc) is 2.91. The summed E-state index contributed by atoms with van der Waals surface area (Å²) in [5.74, 6) is 1.19. The van der Waals surface area contributed by atoms with Crippen molar-refractivity contribution >= 4 is 16.9 Å². The van der Waals surface area contributed by atoms with Gasteiger partial charge in [-0.15, -0.1) is 0 Å². The summed E-state index contributed by atoms with van der Waals surface area (Å²) in [6.45, 7) is 4.53. The summed E-state index contributed by atoms with van der Waals surface area (Å²) >= 11 is 1.90. The summed E-state index contributed by atoms with van der Waals surface area (Å²) in [5.41, 5.74) is 1.09. The minimum atomic E-state index is 0.216. The van der Waals surface area contributed by atoms with Gasteiger partial charge in [-0.2, -0.15) is 0 Å². The van der Waals surface area contributed by atoms with Crippen LogP contribution in [0, 0.1) is 0 Å². The summed E-state index contributed by atoms with van der Waals surface area (Å²) in [5, 5.41) is 1.22. The highest BCUT2D eigenvalue weighted by Gasteiger charge is 2.42. The van der Waals surface area contributed by atoms with Gasteiger partial charge < -0.3 is 4.90 Å². The van der Waals surface area contributed by atoms with E-state index >= 15 is 0 Å². The molecule has 3 nitrogen and oxygen atoms in total. The maximum absolute atomic E-state index is 4.84. The molecule has 0 amide bonds. The quantitative estimate of drug-likeness (QED) is 0.804. The lowest BCUT2D eigenvalue weighted by Gasteiger charge is -2.28. The van der Waals surface area contributed by atoms with E-state index in [4.69, 9.17) is 4.99 Å². The van der Waals surface area contributed by atoms with E-state index in [1.54, 1.807) is 0 Å². The SMILES string of the molecule is CC[C@@H]1CSC2=N[C@@H](c3ccccn3)[C@H](C)N21. The predicted molar refractivity (Wildman–Crippen MR) is 72.3 cm³/mol. The van der Waals surface area contributed by atoms with Crippen LogP contribution >= 0.6 is 11.8 Å². The van der Waals surface area contributed by atoms with Crippen molar-refractivity contribution in [2.24, 2.45) is 4.99 Å². The molecule has 0 spiro atoms. The molecule has 0 aliphatic carbocycles. The third-order valence-electron chi connectivity index (χ3n) is 3.63. The Balaban J connectivity index is 1.89. The molecule has 1 saturated heterocycles. The maximum Gasteiger partial charge on any atom is 0.160 e. The first-order valence-corrected chi connectivity index (χ1v) is 7.19. The third kappa shape index (κ3) is 1.75. The van der Waals surface area contributed by atoms with E-state index in [1.807, 2.05) is 30.1 Å². The van der Waals surface area contributed by atoms with E-state index in [1.165, 1.54) is 17.3 Å². The number of rotatable bonds is 2. The van der Waals surface area contributed by atoms with E-state index in [-0.39, 0.29) is 6.04 Å². The monoisotopic (exact) mass is 247 g/mol. The van der Waals surface area contributed by atoms with Gasteiger partial charge in [-0.25, -0.2) is 0 Å². The van der Waals surface area contributed by atoms with E-state index in [9.17, 15) is 0 Å². The largest absolute Gasteiger partial charge is 0.342 e. The Kier molecular flexibility index (Phi) is 2.82. The van der Waals surface area contributed by atoms with Crippen molar-refractivity contribution in [3.05, 3.63) is 30.1 Å². The Bertz CT molecular complexity index is 432. The molecule has 0 unspecified atom stereocenters. The number of aliphatic imine (C=N–C) groups is 1. The molecule has 3 heterocycles. The molecule has 2 aliphatic heterocycles. The van der Waals surface area contributed by atoms with Crippen molar-refractivity contribution < 1.29 is 0 Å². The number of amidine groups is 1. The van der Waals surface area contributed by atoms with Gasteiger partial charge >= 0.3 is 0 Å². The molecule has 0 aromatic carbocycles. The highest BCUT2D eigenvalue weighted by molar-refractivity contribution is 8.14. The van der Waals surface area contributed by atoms with Crippen molar-refractivity contribution in [2.75, 3.05) is 5.75 Å². The van der Waals surface area contributed by atoms with Gasteiger partial charge in [0.1, 0.15) is 6.04 Å². The molecule has 3 rings (SSSR count). The average molecular weight is 247 g/mol. The summed E-state index contributed by atoms with van der Waals surface area (Å²) in [6, 6.07) is 7.40. The Hall–Kier alpha value is -1.03. The van der Waals surface area contributed by atoms with Crippen LogP contribution in [0.5, 0.6) is 0 Å².